The van der Waals surface area contributed by atoms with Crippen molar-refractivity contribution in [3.8, 4) is 0 Å². The third kappa shape index (κ3) is 3.46. The first-order valence-corrected chi connectivity index (χ1v) is 8.29. The quantitative estimate of drug-likeness (QED) is 0.920. The number of benzene rings is 1. The molecule has 1 aromatic carbocycles. The zero-order valence-corrected chi connectivity index (χ0v) is 13.2. The molecule has 0 aliphatic heterocycles. The van der Waals surface area contributed by atoms with Gasteiger partial charge in [-0.3, -0.25) is 4.21 Å². The maximum atomic E-state index is 12.8. The van der Waals surface area contributed by atoms with Gasteiger partial charge in [-0.25, -0.2) is 0 Å². The number of rotatable bonds is 3. The lowest BCUT2D eigenvalue weighted by Crippen LogP contribution is -2.47. The summed E-state index contributed by atoms with van der Waals surface area (Å²) in [6.45, 7) is 6.64. The van der Waals surface area contributed by atoms with Crippen LogP contribution in [0.25, 0.3) is 0 Å². The number of hydrogen-bond acceptors (Lipinski definition) is 2. The topological polar surface area (TPSA) is 29.1 Å². The maximum absolute atomic E-state index is 12.8. The van der Waals surface area contributed by atoms with E-state index in [1.807, 2.05) is 19.2 Å². The van der Waals surface area contributed by atoms with Gasteiger partial charge in [0.1, 0.15) is 0 Å². The fourth-order valence-corrected chi connectivity index (χ4v) is 4.85. The third-order valence-electron chi connectivity index (χ3n) is 4.23. The van der Waals surface area contributed by atoms with Crippen molar-refractivity contribution in [2.24, 2.45) is 5.41 Å². The Labute approximate surface area is 119 Å². The second-order valence-corrected chi connectivity index (χ2v) is 8.12. The van der Waals surface area contributed by atoms with Crippen molar-refractivity contribution in [2.45, 2.75) is 56.2 Å². The predicted octanol–water partition coefficient (Wildman–Crippen LogP) is 3.27. The summed E-state index contributed by atoms with van der Waals surface area (Å²) in [6.07, 6.45) is 3.35. The Morgan fingerprint density at radius 1 is 1.26 bits per heavy atom. The summed E-state index contributed by atoms with van der Waals surface area (Å²) >= 11 is 0. The summed E-state index contributed by atoms with van der Waals surface area (Å²) in [7, 11) is 1.07. The first-order valence-electron chi connectivity index (χ1n) is 7.07. The molecule has 2 rings (SSSR count). The molecule has 0 spiro atoms. The standard InChI is InChI=1S/C16H25NOS/c1-12-5-7-13(8-6-12)19(18)15-11-16(2,3)10-9-14(15)17-4/h5-8,14-15,17H,9-11H2,1-4H3. The highest BCUT2D eigenvalue weighted by Crippen LogP contribution is 2.38. The first-order chi connectivity index (χ1) is 8.93. The average molecular weight is 279 g/mol. The fourth-order valence-electron chi connectivity index (χ4n) is 2.92. The minimum atomic E-state index is -0.917. The van der Waals surface area contributed by atoms with Crippen LogP contribution in [-0.2, 0) is 10.8 Å². The largest absolute Gasteiger partial charge is 0.316 e. The van der Waals surface area contributed by atoms with Gasteiger partial charge < -0.3 is 5.32 Å². The Kier molecular flexibility index (Phi) is 4.46. The van der Waals surface area contributed by atoms with E-state index >= 15 is 0 Å². The minimum absolute atomic E-state index is 0.219. The van der Waals surface area contributed by atoms with Gasteiger partial charge in [0.25, 0.3) is 0 Å². The van der Waals surface area contributed by atoms with Gasteiger partial charge in [0.2, 0.25) is 0 Å². The lowest BCUT2D eigenvalue weighted by molar-refractivity contribution is 0.216. The van der Waals surface area contributed by atoms with Crippen molar-refractivity contribution in [3.05, 3.63) is 29.8 Å². The normalized spacial score (nSPS) is 28.0. The summed E-state index contributed by atoms with van der Waals surface area (Å²) in [5.74, 6) is 0. The summed E-state index contributed by atoms with van der Waals surface area (Å²) in [5.41, 5.74) is 1.52. The molecular weight excluding hydrogens is 254 g/mol. The monoisotopic (exact) mass is 279 g/mol. The maximum Gasteiger partial charge on any atom is 0.0576 e. The second-order valence-electron chi connectivity index (χ2n) is 6.45. The van der Waals surface area contributed by atoms with E-state index in [4.69, 9.17) is 0 Å². The van der Waals surface area contributed by atoms with E-state index in [-0.39, 0.29) is 5.25 Å². The molecule has 0 aromatic heterocycles. The van der Waals surface area contributed by atoms with Crippen LogP contribution in [0.3, 0.4) is 0 Å². The molecule has 3 unspecified atom stereocenters. The molecule has 0 radical (unpaired) electrons. The number of nitrogens with one attached hydrogen (secondary N) is 1. The van der Waals surface area contributed by atoms with Crippen molar-refractivity contribution in [2.75, 3.05) is 7.05 Å². The molecule has 1 aromatic rings. The average Bonchev–Trinajstić information content (AvgIpc) is 2.38. The van der Waals surface area contributed by atoms with E-state index in [0.29, 0.717) is 11.5 Å². The van der Waals surface area contributed by atoms with Crippen molar-refractivity contribution in [1.29, 1.82) is 0 Å². The zero-order valence-electron chi connectivity index (χ0n) is 12.4. The Morgan fingerprint density at radius 2 is 1.89 bits per heavy atom. The van der Waals surface area contributed by atoms with Gasteiger partial charge >= 0.3 is 0 Å². The van der Waals surface area contributed by atoms with Crippen LogP contribution < -0.4 is 5.32 Å². The summed E-state index contributed by atoms with van der Waals surface area (Å²) in [5, 5.41) is 3.58. The number of aryl methyl sites for hydroxylation is 1. The van der Waals surface area contributed by atoms with E-state index in [1.165, 1.54) is 12.0 Å². The summed E-state index contributed by atoms with van der Waals surface area (Å²) < 4.78 is 12.8. The Bertz CT molecular complexity index is 452. The molecule has 1 saturated carbocycles. The van der Waals surface area contributed by atoms with Crippen molar-refractivity contribution in [1.82, 2.24) is 5.32 Å². The highest BCUT2D eigenvalue weighted by atomic mass is 32.2. The molecule has 0 saturated heterocycles. The van der Waals surface area contributed by atoms with Crippen LogP contribution >= 0.6 is 0 Å². The van der Waals surface area contributed by atoms with E-state index in [2.05, 4.69) is 38.2 Å². The zero-order chi connectivity index (χ0) is 14.0. The Morgan fingerprint density at radius 3 is 2.47 bits per heavy atom. The van der Waals surface area contributed by atoms with Crippen LogP contribution in [0.1, 0.15) is 38.7 Å². The molecule has 3 atom stereocenters. The van der Waals surface area contributed by atoms with Gasteiger partial charge in [0, 0.05) is 10.9 Å². The molecule has 0 heterocycles. The summed E-state index contributed by atoms with van der Waals surface area (Å²) in [6, 6.07) is 8.50. The second kappa shape index (κ2) is 5.76. The molecule has 106 valence electrons. The van der Waals surface area contributed by atoms with Crippen LogP contribution in [0.15, 0.2) is 29.2 Å². The molecule has 19 heavy (non-hydrogen) atoms. The Hall–Kier alpha value is -0.670. The smallest absolute Gasteiger partial charge is 0.0576 e. The first kappa shape index (κ1) is 14.7. The minimum Gasteiger partial charge on any atom is -0.316 e. The fraction of sp³-hybridized carbons (Fsp3) is 0.625. The lowest BCUT2D eigenvalue weighted by atomic mass is 9.75. The lowest BCUT2D eigenvalue weighted by Gasteiger charge is -2.40. The van der Waals surface area contributed by atoms with Gasteiger partial charge in [-0.1, -0.05) is 31.5 Å². The summed E-state index contributed by atoms with van der Waals surface area (Å²) in [4.78, 5) is 0.966. The van der Waals surface area contributed by atoms with Gasteiger partial charge in [-0.05, 0) is 50.8 Å². The van der Waals surface area contributed by atoms with Crippen LogP contribution in [0.2, 0.25) is 0 Å². The van der Waals surface area contributed by atoms with Crippen LogP contribution in [0.5, 0.6) is 0 Å². The van der Waals surface area contributed by atoms with Crippen molar-refractivity contribution < 1.29 is 4.21 Å². The SMILES string of the molecule is CNC1CCC(C)(C)CC1S(=O)c1ccc(C)cc1. The number of hydrogen-bond donors (Lipinski definition) is 1. The highest BCUT2D eigenvalue weighted by molar-refractivity contribution is 7.85. The molecule has 0 amide bonds. The van der Waals surface area contributed by atoms with Gasteiger partial charge in [0.15, 0.2) is 0 Å². The molecule has 3 heteroatoms. The predicted molar refractivity (Wildman–Crippen MR) is 81.9 cm³/mol. The van der Waals surface area contributed by atoms with Crippen molar-refractivity contribution in [3.63, 3.8) is 0 Å². The van der Waals surface area contributed by atoms with Crippen molar-refractivity contribution >= 4 is 10.8 Å². The molecular formula is C16H25NOS. The van der Waals surface area contributed by atoms with Crippen LogP contribution in [0.4, 0.5) is 0 Å². The van der Waals surface area contributed by atoms with Gasteiger partial charge in [-0.15, -0.1) is 0 Å². The molecule has 1 aliphatic carbocycles. The van der Waals surface area contributed by atoms with E-state index in [9.17, 15) is 4.21 Å². The van der Waals surface area contributed by atoms with Crippen LogP contribution in [-0.4, -0.2) is 22.5 Å². The third-order valence-corrected chi connectivity index (χ3v) is 6.02. The van der Waals surface area contributed by atoms with E-state index in [1.54, 1.807) is 0 Å². The highest BCUT2D eigenvalue weighted by Gasteiger charge is 2.37. The molecule has 2 nitrogen and oxygen atoms in total. The van der Waals surface area contributed by atoms with E-state index < -0.39 is 10.8 Å². The van der Waals surface area contributed by atoms with Crippen LogP contribution in [0, 0.1) is 12.3 Å². The van der Waals surface area contributed by atoms with Gasteiger partial charge in [-0.2, -0.15) is 0 Å². The molecule has 1 N–H and O–H groups in total. The van der Waals surface area contributed by atoms with Gasteiger partial charge in [0.05, 0.1) is 16.0 Å². The molecule has 1 fully saturated rings. The molecule has 0 bridgehead atoms. The Balaban J connectivity index is 2.21. The molecule has 1 aliphatic rings. The van der Waals surface area contributed by atoms with E-state index in [0.717, 1.165) is 17.7 Å².